The third kappa shape index (κ3) is 1.72. The van der Waals surface area contributed by atoms with Gasteiger partial charge in [-0.1, -0.05) is 49.4 Å². The molecule has 4 rings (SSSR count). The average Bonchev–Trinajstić information content (AvgIpc) is 2.87. The Balaban J connectivity index is 2.27. The Hall–Kier alpha value is -2.48. The van der Waals surface area contributed by atoms with Crippen molar-refractivity contribution in [1.29, 1.82) is 0 Å². The van der Waals surface area contributed by atoms with E-state index in [1.54, 1.807) is 0 Å². The van der Waals surface area contributed by atoms with Crippen molar-refractivity contribution in [3.05, 3.63) is 65.2 Å². The van der Waals surface area contributed by atoms with Crippen molar-refractivity contribution in [3.8, 4) is 5.69 Å². The van der Waals surface area contributed by atoms with Crippen LogP contribution in [0.3, 0.4) is 0 Å². The van der Waals surface area contributed by atoms with Gasteiger partial charge in [-0.3, -0.25) is 0 Å². The smallest absolute Gasteiger partial charge is 0.0728 e. The minimum Gasteiger partial charge on any atom is -0.400 e. The number of nitrogens with two attached hydrogens (primary N) is 1. The first-order chi connectivity index (χ1) is 10.3. The van der Waals surface area contributed by atoms with E-state index in [1.807, 2.05) is 6.07 Å². The van der Waals surface area contributed by atoms with E-state index in [1.165, 1.54) is 27.2 Å². The predicted octanol–water partition coefficient (Wildman–Crippen LogP) is 2.52. The standard InChI is InChI=1S/C19H18N2/c1-13-11-12-16-15-9-5-6-10-17(15)21(19(16)18(13)20)14-7-3-2-4-8-14/h2-10,12-13H,11,20H2,1H3. The van der Waals surface area contributed by atoms with E-state index in [0.717, 1.165) is 12.1 Å². The summed E-state index contributed by atoms with van der Waals surface area (Å²) in [7, 11) is 0. The molecule has 21 heavy (non-hydrogen) atoms. The summed E-state index contributed by atoms with van der Waals surface area (Å²) in [6.45, 7) is 2.20. The normalized spacial score (nSPS) is 17.6. The highest BCUT2D eigenvalue weighted by Gasteiger charge is 2.17. The molecule has 0 spiro atoms. The van der Waals surface area contributed by atoms with Crippen molar-refractivity contribution in [2.75, 3.05) is 0 Å². The highest BCUT2D eigenvalue weighted by Crippen LogP contribution is 2.19. The summed E-state index contributed by atoms with van der Waals surface area (Å²) in [6, 6.07) is 19.0. The van der Waals surface area contributed by atoms with Gasteiger partial charge in [-0.15, -0.1) is 0 Å². The molecule has 1 atom stereocenters. The van der Waals surface area contributed by atoms with Gasteiger partial charge in [0, 0.05) is 27.9 Å². The lowest BCUT2D eigenvalue weighted by molar-refractivity contribution is 0.751. The molecule has 0 radical (unpaired) electrons. The maximum atomic E-state index is 6.47. The van der Waals surface area contributed by atoms with Gasteiger partial charge in [-0.2, -0.15) is 0 Å². The van der Waals surface area contributed by atoms with Gasteiger partial charge in [0.15, 0.2) is 0 Å². The van der Waals surface area contributed by atoms with Crippen LogP contribution in [0, 0.1) is 5.92 Å². The molecule has 104 valence electrons. The van der Waals surface area contributed by atoms with Gasteiger partial charge in [0.1, 0.15) is 0 Å². The second-order valence-corrected chi connectivity index (χ2v) is 5.75. The molecule has 0 bridgehead atoms. The third-order valence-electron chi connectivity index (χ3n) is 4.41. The van der Waals surface area contributed by atoms with E-state index >= 15 is 0 Å². The Kier molecular flexibility index (Phi) is 2.64. The topological polar surface area (TPSA) is 30.9 Å². The van der Waals surface area contributed by atoms with Gasteiger partial charge in [0.05, 0.1) is 10.9 Å². The number of para-hydroxylation sites is 2. The minimum atomic E-state index is 0.393. The first-order valence-electron chi connectivity index (χ1n) is 7.42. The molecule has 2 heteroatoms. The van der Waals surface area contributed by atoms with Gasteiger partial charge in [0.25, 0.3) is 0 Å². The highest BCUT2D eigenvalue weighted by atomic mass is 15.0. The quantitative estimate of drug-likeness (QED) is 0.726. The van der Waals surface area contributed by atoms with Gasteiger partial charge in [-0.05, 0) is 24.6 Å². The molecule has 1 aliphatic rings. The van der Waals surface area contributed by atoms with Crippen molar-refractivity contribution < 1.29 is 0 Å². The number of rotatable bonds is 1. The molecular formula is C19H18N2. The molecule has 1 aliphatic carbocycles. The Labute approximate surface area is 123 Å². The Morgan fingerprint density at radius 2 is 1.71 bits per heavy atom. The second kappa shape index (κ2) is 4.52. The number of nitrogens with zero attached hydrogens (tertiary/aromatic N) is 1. The lowest BCUT2D eigenvalue weighted by Crippen LogP contribution is -2.38. The molecular weight excluding hydrogens is 256 g/mol. The molecule has 1 aromatic heterocycles. The largest absolute Gasteiger partial charge is 0.400 e. The molecule has 0 aliphatic heterocycles. The van der Waals surface area contributed by atoms with Crippen LogP contribution in [-0.4, -0.2) is 4.57 Å². The van der Waals surface area contributed by atoms with E-state index in [2.05, 4.69) is 66.1 Å². The Morgan fingerprint density at radius 3 is 2.52 bits per heavy atom. The summed E-state index contributed by atoms with van der Waals surface area (Å²) in [5.74, 6) is 0.393. The van der Waals surface area contributed by atoms with Gasteiger partial charge >= 0.3 is 0 Å². The fourth-order valence-electron chi connectivity index (χ4n) is 3.26. The lowest BCUT2D eigenvalue weighted by atomic mass is 9.98. The molecule has 0 amide bonds. The van der Waals surface area contributed by atoms with Gasteiger partial charge in [-0.25, -0.2) is 0 Å². The zero-order valence-electron chi connectivity index (χ0n) is 12.1. The number of aromatic nitrogens is 1. The first kappa shape index (κ1) is 12.3. The minimum absolute atomic E-state index is 0.393. The van der Waals surface area contributed by atoms with E-state index < -0.39 is 0 Å². The number of hydrogen-bond acceptors (Lipinski definition) is 1. The van der Waals surface area contributed by atoms with E-state index in [4.69, 9.17) is 5.73 Å². The van der Waals surface area contributed by atoms with Crippen molar-refractivity contribution in [1.82, 2.24) is 4.57 Å². The summed E-state index contributed by atoms with van der Waals surface area (Å²) in [4.78, 5) is 0. The Bertz CT molecular complexity index is 933. The summed E-state index contributed by atoms with van der Waals surface area (Å²) in [6.07, 6.45) is 3.35. The average molecular weight is 274 g/mol. The first-order valence-corrected chi connectivity index (χ1v) is 7.42. The van der Waals surface area contributed by atoms with Gasteiger partial charge in [0.2, 0.25) is 0 Å². The van der Waals surface area contributed by atoms with Gasteiger partial charge < -0.3 is 10.3 Å². The van der Waals surface area contributed by atoms with E-state index in [9.17, 15) is 0 Å². The van der Waals surface area contributed by atoms with Crippen molar-refractivity contribution in [2.24, 2.45) is 11.7 Å². The van der Waals surface area contributed by atoms with Crippen LogP contribution in [0.15, 0.2) is 54.6 Å². The van der Waals surface area contributed by atoms with Crippen molar-refractivity contribution >= 4 is 22.7 Å². The summed E-state index contributed by atoms with van der Waals surface area (Å²) in [5, 5.41) is 3.73. The molecule has 0 fully saturated rings. The highest BCUT2D eigenvalue weighted by molar-refractivity contribution is 5.85. The molecule has 3 aromatic rings. The molecule has 0 saturated heterocycles. The number of benzene rings is 2. The fraction of sp³-hybridized carbons (Fsp3) is 0.158. The Morgan fingerprint density at radius 1 is 1.00 bits per heavy atom. The van der Waals surface area contributed by atoms with Crippen LogP contribution >= 0.6 is 0 Å². The van der Waals surface area contributed by atoms with Crippen molar-refractivity contribution in [3.63, 3.8) is 0 Å². The predicted molar refractivity (Wildman–Crippen MR) is 88.4 cm³/mol. The van der Waals surface area contributed by atoms with Crippen LogP contribution in [0.5, 0.6) is 0 Å². The maximum Gasteiger partial charge on any atom is 0.0728 e. The molecule has 2 nitrogen and oxygen atoms in total. The van der Waals surface area contributed by atoms with Crippen LogP contribution < -0.4 is 16.3 Å². The molecule has 1 unspecified atom stereocenters. The van der Waals surface area contributed by atoms with Crippen LogP contribution in [0.1, 0.15) is 13.3 Å². The van der Waals surface area contributed by atoms with Crippen molar-refractivity contribution in [2.45, 2.75) is 13.3 Å². The van der Waals surface area contributed by atoms with Crippen LogP contribution in [-0.2, 0) is 0 Å². The number of hydrogen-bond donors (Lipinski definition) is 1. The molecule has 1 heterocycles. The SMILES string of the molecule is CC1CC=c2c(n(-c3ccccc3)c3ccccc23)=C1N. The molecule has 2 aromatic carbocycles. The third-order valence-corrected chi connectivity index (χ3v) is 4.41. The maximum absolute atomic E-state index is 6.47. The van der Waals surface area contributed by atoms with E-state index in [0.29, 0.717) is 5.92 Å². The zero-order valence-corrected chi connectivity index (χ0v) is 12.1. The summed E-state index contributed by atoms with van der Waals surface area (Å²) in [5.41, 5.74) is 9.85. The van der Waals surface area contributed by atoms with Crippen LogP contribution in [0.25, 0.3) is 28.4 Å². The summed E-state index contributed by atoms with van der Waals surface area (Å²) >= 11 is 0. The molecule has 0 saturated carbocycles. The number of fused-ring (bicyclic) bond motifs is 3. The second-order valence-electron chi connectivity index (χ2n) is 5.75. The van der Waals surface area contributed by atoms with E-state index in [-0.39, 0.29) is 0 Å². The fourth-order valence-corrected chi connectivity index (χ4v) is 3.26. The lowest BCUT2D eigenvalue weighted by Gasteiger charge is -2.15. The van der Waals surface area contributed by atoms with Crippen LogP contribution in [0.4, 0.5) is 0 Å². The van der Waals surface area contributed by atoms with Crippen LogP contribution in [0.2, 0.25) is 0 Å². The monoisotopic (exact) mass is 274 g/mol. The summed E-state index contributed by atoms with van der Waals surface area (Å²) < 4.78 is 2.30. The zero-order chi connectivity index (χ0) is 14.4. The molecule has 2 N–H and O–H groups in total.